The highest BCUT2D eigenvalue weighted by Crippen LogP contribution is 2.36. The monoisotopic (exact) mass is 498 g/mol. The minimum atomic E-state index is -4.34. The zero-order valence-corrected chi connectivity index (χ0v) is 21.5. The summed E-state index contributed by atoms with van der Waals surface area (Å²) in [6.45, 7) is 4.53. The van der Waals surface area contributed by atoms with Crippen molar-refractivity contribution >= 4 is 15.6 Å². The second kappa shape index (κ2) is 18.1. The molecular formula is C22H44O8P2. The quantitative estimate of drug-likeness (QED) is 0.0810. The number of phosphoric acid groups is 2. The van der Waals surface area contributed by atoms with Crippen LogP contribution in [-0.4, -0.2) is 32.8 Å². The lowest BCUT2D eigenvalue weighted by atomic mass is 9.91. The lowest BCUT2D eigenvalue weighted by molar-refractivity contribution is 0.192. The SMILES string of the molecule is CC(C)(/C=C/CCCCCCCCCCCOP(=O)(O)O)/C=C/CCCCOP(=O)(O)O. The van der Waals surface area contributed by atoms with Crippen LogP contribution >= 0.6 is 15.6 Å². The summed E-state index contributed by atoms with van der Waals surface area (Å²) in [6.07, 6.45) is 22.1. The minimum Gasteiger partial charge on any atom is -0.303 e. The number of hydrogen-bond acceptors (Lipinski definition) is 4. The molecule has 0 saturated heterocycles. The molecule has 0 aliphatic carbocycles. The Bertz CT molecular complexity index is 607. The molecule has 0 aromatic rings. The summed E-state index contributed by atoms with van der Waals surface area (Å²) in [6, 6.07) is 0. The van der Waals surface area contributed by atoms with Gasteiger partial charge in [0.15, 0.2) is 0 Å². The third-order valence-electron chi connectivity index (χ3n) is 4.89. The standard InChI is InChI=1S/C22H44O8P2/c1-22(2,19-15-11-13-17-21-30-32(26,27)28)18-14-10-8-6-4-3-5-7-9-12-16-20-29-31(23,24)25/h14-15,18-19H,3-13,16-17,20-21H2,1-2H3,(H2,23,24,25)(H2,26,27,28)/b18-14+,19-15+. The van der Waals surface area contributed by atoms with E-state index < -0.39 is 15.6 Å². The van der Waals surface area contributed by atoms with Gasteiger partial charge in [0, 0.05) is 5.41 Å². The summed E-state index contributed by atoms with van der Waals surface area (Å²) in [5, 5.41) is 0. The molecule has 0 aliphatic heterocycles. The first kappa shape index (κ1) is 31.7. The first-order valence-electron chi connectivity index (χ1n) is 11.7. The van der Waals surface area contributed by atoms with E-state index in [-0.39, 0.29) is 18.6 Å². The summed E-state index contributed by atoms with van der Waals surface area (Å²) in [5.74, 6) is 0. The Morgan fingerprint density at radius 1 is 0.594 bits per heavy atom. The first-order chi connectivity index (χ1) is 14.9. The van der Waals surface area contributed by atoms with Crippen LogP contribution in [0.3, 0.4) is 0 Å². The smallest absolute Gasteiger partial charge is 0.303 e. The van der Waals surface area contributed by atoms with E-state index in [1.54, 1.807) is 0 Å². The molecule has 0 spiro atoms. The van der Waals surface area contributed by atoms with E-state index in [2.05, 4.69) is 47.2 Å². The summed E-state index contributed by atoms with van der Waals surface area (Å²) in [4.78, 5) is 34.4. The Labute approximate surface area is 194 Å². The van der Waals surface area contributed by atoms with E-state index in [4.69, 9.17) is 19.6 Å². The molecule has 4 N–H and O–H groups in total. The average Bonchev–Trinajstić information content (AvgIpc) is 2.65. The molecule has 0 saturated carbocycles. The van der Waals surface area contributed by atoms with Crippen molar-refractivity contribution in [2.45, 2.75) is 97.3 Å². The van der Waals surface area contributed by atoms with Crippen molar-refractivity contribution in [1.82, 2.24) is 0 Å². The van der Waals surface area contributed by atoms with Gasteiger partial charge < -0.3 is 19.6 Å². The molecule has 0 fully saturated rings. The van der Waals surface area contributed by atoms with Crippen LogP contribution in [0.2, 0.25) is 0 Å². The lowest BCUT2D eigenvalue weighted by Crippen LogP contribution is -2.02. The van der Waals surface area contributed by atoms with Crippen LogP contribution in [0.25, 0.3) is 0 Å². The molecule has 8 nitrogen and oxygen atoms in total. The molecule has 190 valence electrons. The Kier molecular flexibility index (Phi) is 17.9. The highest BCUT2D eigenvalue weighted by Gasteiger charge is 2.13. The van der Waals surface area contributed by atoms with Gasteiger partial charge in [-0.05, 0) is 38.5 Å². The van der Waals surface area contributed by atoms with Crippen LogP contribution in [0.5, 0.6) is 0 Å². The van der Waals surface area contributed by atoms with Crippen molar-refractivity contribution in [2.75, 3.05) is 13.2 Å². The Morgan fingerprint density at radius 3 is 1.31 bits per heavy atom. The van der Waals surface area contributed by atoms with Crippen LogP contribution in [0, 0.1) is 5.41 Å². The van der Waals surface area contributed by atoms with Crippen LogP contribution < -0.4 is 0 Å². The van der Waals surface area contributed by atoms with Crippen LogP contribution in [0.15, 0.2) is 24.3 Å². The summed E-state index contributed by atoms with van der Waals surface area (Å²) in [5.41, 5.74) is -0.00126. The average molecular weight is 499 g/mol. The molecule has 0 radical (unpaired) electrons. The number of hydrogen-bond donors (Lipinski definition) is 4. The van der Waals surface area contributed by atoms with Crippen LogP contribution in [0.1, 0.15) is 97.3 Å². The van der Waals surface area contributed by atoms with E-state index >= 15 is 0 Å². The van der Waals surface area contributed by atoms with Crippen LogP contribution in [-0.2, 0) is 18.2 Å². The summed E-state index contributed by atoms with van der Waals surface area (Å²) in [7, 11) is -8.64. The van der Waals surface area contributed by atoms with Gasteiger partial charge in [0.1, 0.15) is 0 Å². The molecule has 0 aromatic heterocycles. The van der Waals surface area contributed by atoms with E-state index in [9.17, 15) is 9.13 Å². The van der Waals surface area contributed by atoms with E-state index in [0.717, 1.165) is 38.5 Å². The molecular weight excluding hydrogens is 454 g/mol. The highest BCUT2D eigenvalue weighted by atomic mass is 31.2. The number of unbranched alkanes of at least 4 members (excludes halogenated alkanes) is 11. The molecule has 32 heavy (non-hydrogen) atoms. The molecule has 0 unspecified atom stereocenters. The molecule has 0 atom stereocenters. The second-order valence-corrected chi connectivity index (χ2v) is 11.2. The van der Waals surface area contributed by atoms with Crippen molar-refractivity contribution in [3.05, 3.63) is 24.3 Å². The fraction of sp³-hybridized carbons (Fsp3) is 0.818. The van der Waals surface area contributed by atoms with Crippen molar-refractivity contribution in [2.24, 2.45) is 5.41 Å². The molecule has 0 amide bonds. The van der Waals surface area contributed by atoms with Gasteiger partial charge in [0.05, 0.1) is 13.2 Å². The molecule has 0 heterocycles. The topological polar surface area (TPSA) is 134 Å². The van der Waals surface area contributed by atoms with Gasteiger partial charge in [-0.1, -0.05) is 83.1 Å². The lowest BCUT2D eigenvalue weighted by Gasteiger charge is -2.14. The van der Waals surface area contributed by atoms with Crippen molar-refractivity contribution < 1.29 is 37.8 Å². The van der Waals surface area contributed by atoms with Gasteiger partial charge in [-0.25, -0.2) is 9.13 Å². The highest BCUT2D eigenvalue weighted by molar-refractivity contribution is 7.46. The molecule has 0 bridgehead atoms. The fourth-order valence-electron chi connectivity index (χ4n) is 3.16. The largest absolute Gasteiger partial charge is 0.469 e. The first-order valence-corrected chi connectivity index (χ1v) is 14.7. The Balaban J connectivity index is 3.56. The van der Waals surface area contributed by atoms with Gasteiger partial charge >= 0.3 is 15.6 Å². The van der Waals surface area contributed by atoms with E-state index in [1.165, 1.54) is 32.1 Å². The normalized spacial score (nSPS) is 13.6. The van der Waals surface area contributed by atoms with Gasteiger partial charge in [0.25, 0.3) is 0 Å². The fourth-order valence-corrected chi connectivity index (χ4v) is 3.90. The van der Waals surface area contributed by atoms with Crippen molar-refractivity contribution in [3.63, 3.8) is 0 Å². The Hall–Kier alpha value is -0.300. The summed E-state index contributed by atoms with van der Waals surface area (Å²) < 4.78 is 29.9. The zero-order valence-electron chi connectivity index (χ0n) is 19.7. The second-order valence-electron chi connectivity index (χ2n) is 8.74. The van der Waals surface area contributed by atoms with Gasteiger partial charge in [-0.2, -0.15) is 0 Å². The predicted octanol–water partition coefficient (Wildman–Crippen LogP) is 6.41. The molecule has 0 rings (SSSR count). The Morgan fingerprint density at radius 2 is 0.906 bits per heavy atom. The maximum Gasteiger partial charge on any atom is 0.469 e. The molecule has 0 aliphatic rings. The van der Waals surface area contributed by atoms with Crippen molar-refractivity contribution in [3.8, 4) is 0 Å². The number of allylic oxidation sites excluding steroid dienone is 4. The maximum atomic E-state index is 10.6. The number of phosphoric ester groups is 2. The van der Waals surface area contributed by atoms with Crippen molar-refractivity contribution in [1.29, 1.82) is 0 Å². The third kappa shape index (κ3) is 26.0. The van der Waals surface area contributed by atoms with Gasteiger partial charge in [0.2, 0.25) is 0 Å². The summed E-state index contributed by atoms with van der Waals surface area (Å²) >= 11 is 0. The number of rotatable bonds is 21. The predicted molar refractivity (Wildman–Crippen MR) is 128 cm³/mol. The molecule has 10 heteroatoms. The minimum absolute atomic E-state index is 0.00126. The van der Waals surface area contributed by atoms with E-state index in [0.29, 0.717) is 12.8 Å². The van der Waals surface area contributed by atoms with Crippen LogP contribution in [0.4, 0.5) is 0 Å². The maximum absolute atomic E-state index is 10.6. The third-order valence-corrected chi connectivity index (χ3v) is 5.93. The van der Waals surface area contributed by atoms with E-state index in [1.807, 2.05) is 0 Å². The molecule has 0 aromatic carbocycles. The zero-order chi connectivity index (χ0) is 24.3. The van der Waals surface area contributed by atoms with Gasteiger partial charge in [-0.3, -0.25) is 9.05 Å². The van der Waals surface area contributed by atoms with Gasteiger partial charge in [-0.15, -0.1) is 0 Å².